The highest BCUT2D eigenvalue weighted by atomic mass is 35.5. The Morgan fingerprint density at radius 1 is 0.846 bits per heavy atom. The van der Waals surface area contributed by atoms with Crippen LogP contribution in [-0.4, -0.2) is 33.6 Å². The maximum Gasteiger partial charge on any atom is 0.343 e. The number of methoxy groups -OCH3 is 1. The van der Waals surface area contributed by atoms with Crippen LogP contribution >= 0.6 is 11.6 Å². The molecule has 198 valence electrons. The molecule has 0 spiro atoms. The van der Waals surface area contributed by atoms with Crippen LogP contribution in [0.4, 0.5) is 5.69 Å². The number of amides is 1. The van der Waals surface area contributed by atoms with E-state index in [2.05, 4.69) is 15.2 Å². The fourth-order valence-electron chi connectivity index (χ4n) is 3.30. The molecule has 0 unspecified atom stereocenters. The minimum Gasteiger partial charge on any atom is -0.497 e. The Balaban J connectivity index is 1.33. The highest BCUT2D eigenvalue weighted by molar-refractivity contribution is 7.92. The van der Waals surface area contributed by atoms with Crippen LogP contribution in [0.3, 0.4) is 0 Å². The van der Waals surface area contributed by atoms with Crippen LogP contribution < -0.4 is 19.6 Å². The van der Waals surface area contributed by atoms with Crippen molar-refractivity contribution >= 4 is 45.4 Å². The van der Waals surface area contributed by atoms with Gasteiger partial charge in [-0.1, -0.05) is 23.7 Å². The van der Waals surface area contributed by atoms with Crippen LogP contribution in [0, 0.1) is 0 Å². The molecule has 0 aliphatic rings. The molecule has 9 nitrogen and oxygen atoms in total. The maximum absolute atomic E-state index is 12.5. The predicted molar refractivity (Wildman–Crippen MR) is 148 cm³/mol. The lowest BCUT2D eigenvalue weighted by atomic mass is 10.2. The molecule has 0 aliphatic carbocycles. The number of hydrazone groups is 1. The lowest BCUT2D eigenvalue weighted by Crippen LogP contribution is -2.18. The number of sulfonamides is 1. The van der Waals surface area contributed by atoms with Crippen LogP contribution in [0.2, 0.25) is 5.02 Å². The van der Waals surface area contributed by atoms with Gasteiger partial charge in [0, 0.05) is 16.3 Å². The summed E-state index contributed by atoms with van der Waals surface area (Å²) in [6, 6.07) is 24.8. The van der Waals surface area contributed by atoms with E-state index in [0.29, 0.717) is 27.6 Å². The number of hydrogen-bond donors (Lipinski definition) is 2. The number of nitrogens with one attached hydrogen (secondary N) is 2. The maximum atomic E-state index is 12.5. The predicted octanol–water partition coefficient (Wildman–Crippen LogP) is 5.13. The van der Waals surface area contributed by atoms with Gasteiger partial charge in [0.05, 0.1) is 23.8 Å². The van der Waals surface area contributed by atoms with Crippen molar-refractivity contribution in [2.45, 2.75) is 4.90 Å². The first-order chi connectivity index (χ1) is 18.7. The van der Waals surface area contributed by atoms with Gasteiger partial charge in [-0.2, -0.15) is 5.10 Å². The van der Waals surface area contributed by atoms with Crippen molar-refractivity contribution in [2.75, 3.05) is 11.8 Å². The van der Waals surface area contributed by atoms with Gasteiger partial charge in [-0.15, -0.1) is 0 Å². The zero-order valence-corrected chi connectivity index (χ0v) is 22.1. The van der Waals surface area contributed by atoms with Gasteiger partial charge in [-0.25, -0.2) is 18.6 Å². The number of nitrogens with zero attached hydrogens (tertiary/aromatic N) is 1. The van der Waals surface area contributed by atoms with Gasteiger partial charge in [-0.3, -0.25) is 9.52 Å². The highest BCUT2D eigenvalue weighted by Crippen LogP contribution is 2.19. The second kappa shape index (κ2) is 12.2. The number of hydrogen-bond acceptors (Lipinski definition) is 7. The average Bonchev–Trinajstić information content (AvgIpc) is 2.93. The van der Waals surface area contributed by atoms with Crippen molar-refractivity contribution in [2.24, 2.45) is 5.10 Å². The Kier molecular flexibility index (Phi) is 8.60. The monoisotopic (exact) mass is 563 g/mol. The molecule has 0 atom stereocenters. The first kappa shape index (κ1) is 27.4. The number of esters is 1. The normalized spacial score (nSPS) is 11.1. The van der Waals surface area contributed by atoms with E-state index in [1.807, 2.05) is 0 Å². The molecule has 0 radical (unpaired) electrons. The van der Waals surface area contributed by atoms with Crippen molar-refractivity contribution in [1.82, 2.24) is 5.43 Å². The zero-order chi connectivity index (χ0) is 27.8. The zero-order valence-electron chi connectivity index (χ0n) is 20.5. The molecule has 4 aromatic rings. The van der Waals surface area contributed by atoms with Crippen molar-refractivity contribution in [3.63, 3.8) is 0 Å². The SMILES string of the molecule is COc1ccc(C(=O)Oc2cccc(/C=N\NC(=O)c3ccc(NS(=O)(=O)c4ccc(Cl)cc4)cc3)c2)cc1. The van der Waals surface area contributed by atoms with E-state index in [1.54, 1.807) is 48.5 Å². The molecule has 0 fully saturated rings. The summed E-state index contributed by atoms with van der Waals surface area (Å²) < 4.78 is 37.9. The summed E-state index contributed by atoms with van der Waals surface area (Å²) in [5, 5.41) is 4.37. The minimum absolute atomic E-state index is 0.0580. The van der Waals surface area contributed by atoms with Gasteiger partial charge in [0.2, 0.25) is 0 Å². The third kappa shape index (κ3) is 7.44. The summed E-state index contributed by atoms with van der Waals surface area (Å²) in [6.07, 6.45) is 1.40. The van der Waals surface area contributed by atoms with E-state index in [1.165, 1.54) is 61.9 Å². The van der Waals surface area contributed by atoms with Gasteiger partial charge < -0.3 is 9.47 Å². The van der Waals surface area contributed by atoms with Crippen LogP contribution in [0.25, 0.3) is 0 Å². The molecule has 0 bridgehead atoms. The number of carbonyl (C=O) groups excluding carboxylic acids is 2. The van der Waals surface area contributed by atoms with E-state index in [4.69, 9.17) is 21.1 Å². The summed E-state index contributed by atoms with van der Waals surface area (Å²) in [5.74, 6) is -0.0938. The minimum atomic E-state index is -3.81. The number of benzene rings is 4. The molecule has 0 aromatic heterocycles. The number of ether oxygens (including phenoxy) is 2. The van der Waals surface area contributed by atoms with E-state index in [0.717, 1.165) is 0 Å². The van der Waals surface area contributed by atoms with E-state index in [9.17, 15) is 18.0 Å². The molecule has 0 aliphatic heterocycles. The molecule has 4 aromatic carbocycles. The first-order valence-electron chi connectivity index (χ1n) is 11.4. The van der Waals surface area contributed by atoms with Crippen molar-refractivity contribution < 1.29 is 27.5 Å². The lowest BCUT2D eigenvalue weighted by molar-refractivity contribution is 0.0734. The van der Waals surface area contributed by atoms with Gasteiger partial charge in [0.15, 0.2) is 0 Å². The van der Waals surface area contributed by atoms with Crippen molar-refractivity contribution in [3.05, 3.63) is 119 Å². The van der Waals surface area contributed by atoms with Crippen molar-refractivity contribution in [3.8, 4) is 11.5 Å². The highest BCUT2D eigenvalue weighted by Gasteiger charge is 2.14. The van der Waals surface area contributed by atoms with E-state index >= 15 is 0 Å². The molecule has 39 heavy (non-hydrogen) atoms. The summed E-state index contributed by atoms with van der Waals surface area (Å²) >= 11 is 5.81. The molecule has 0 saturated heterocycles. The fourth-order valence-corrected chi connectivity index (χ4v) is 4.48. The fraction of sp³-hybridized carbons (Fsp3) is 0.0357. The Hall–Kier alpha value is -4.67. The van der Waals surface area contributed by atoms with Crippen molar-refractivity contribution in [1.29, 1.82) is 0 Å². The molecule has 4 rings (SSSR count). The van der Waals surface area contributed by atoms with Crippen LogP contribution in [0.15, 0.2) is 107 Å². The Labute approximate surface area is 230 Å². The number of anilines is 1. The quantitative estimate of drug-likeness (QED) is 0.126. The molecule has 1 amide bonds. The number of rotatable bonds is 9. The third-order valence-corrected chi connectivity index (χ3v) is 6.95. The number of carbonyl (C=O) groups is 2. The largest absolute Gasteiger partial charge is 0.497 e. The van der Waals surface area contributed by atoms with E-state index in [-0.39, 0.29) is 16.1 Å². The third-order valence-electron chi connectivity index (χ3n) is 5.30. The van der Waals surface area contributed by atoms with Gasteiger partial charge in [0.1, 0.15) is 11.5 Å². The van der Waals surface area contributed by atoms with Gasteiger partial charge in [0.25, 0.3) is 15.9 Å². The van der Waals surface area contributed by atoms with E-state index < -0.39 is 21.9 Å². The topological polar surface area (TPSA) is 123 Å². The Morgan fingerprint density at radius 3 is 2.18 bits per heavy atom. The summed E-state index contributed by atoms with van der Waals surface area (Å²) in [4.78, 5) is 24.9. The Bertz CT molecular complexity index is 1600. The smallest absolute Gasteiger partial charge is 0.343 e. The second-order valence-electron chi connectivity index (χ2n) is 8.03. The first-order valence-corrected chi connectivity index (χ1v) is 13.3. The summed E-state index contributed by atoms with van der Waals surface area (Å²) in [5.41, 5.74) is 3.91. The lowest BCUT2D eigenvalue weighted by Gasteiger charge is -2.09. The molecule has 11 heteroatoms. The molecule has 0 heterocycles. The van der Waals surface area contributed by atoms with Gasteiger partial charge in [-0.05, 0) is 90.5 Å². The molecular weight excluding hydrogens is 542 g/mol. The van der Waals surface area contributed by atoms with Gasteiger partial charge >= 0.3 is 5.97 Å². The molecular formula is C28H22ClN3O6S. The summed E-state index contributed by atoms with van der Waals surface area (Å²) in [7, 11) is -2.27. The van der Waals surface area contributed by atoms with Crippen LogP contribution in [0.5, 0.6) is 11.5 Å². The van der Waals surface area contributed by atoms with Crippen LogP contribution in [-0.2, 0) is 10.0 Å². The second-order valence-corrected chi connectivity index (χ2v) is 10.1. The molecule has 0 saturated carbocycles. The van der Waals surface area contributed by atoms with Crippen LogP contribution in [0.1, 0.15) is 26.3 Å². The Morgan fingerprint density at radius 2 is 1.51 bits per heavy atom. The molecule has 2 N–H and O–H groups in total. The average molecular weight is 564 g/mol. The number of halogens is 1. The standard InChI is InChI=1S/C28H22ClN3O6S/c1-37-24-13-7-21(8-14-24)28(34)38-25-4-2-3-19(17-25)18-30-31-27(33)20-5-11-23(12-6-20)32-39(35,36)26-15-9-22(29)10-16-26/h2-18,32H,1H3,(H,31,33)/b30-18-. The summed E-state index contributed by atoms with van der Waals surface area (Å²) in [6.45, 7) is 0.